The number of nitrogen functional groups attached to an aromatic ring is 1. The molecule has 3 aromatic heterocycles. The Labute approximate surface area is 262 Å². The molecule has 19 nitrogen and oxygen atoms in total. The molecule has 0 radical (unpaired) electrons. The first-order valence-corrected chi connectivity index (χ1v) is 14.6. The molecule has 2 aliphatic heterocycles. The second-order valence-electron chi connectivity index (χ2n) is 9.28. The molecule has 0 bridgehead atoms. The number of nitrogens with one attached hydrogen (secondary N) is 2. The van der Waals surface area contributed by atoms with Crippen molar-refractivity contribution in [2.75, 3.05) is 11.5 Å². The number of rotatable bonds is 9. The van der Waals surface area contributed by atoms with Gasteiger partial charge in [0.2, 0.25) is 5.43 Å². The molecule has 45 heavy (non-hydrogen) atoms. The number of pyridine rings is 1. The molecule has 2 aliphatic rings. The molecule has 0 spiro atoms. The lowest BCUT2D eigenvalue weighted by atomic mass is 9.87. The summed E-state index contributed by atoms with van der Waals surface area (Å²) in [5.74, 6) is -4.68. The van der Waals surface area contributed by atoms with E-state index in [9.17, 15) is 44.2 Å². The lowest BCUT2D eigenvalue weighted by Gasteiger charge is -2.55. The lowest BCUT2D eigenvalue weighted by Crippen LogP contribution is -2.80. The maximum Gasteiger partial charge on any atom is 0.353 e. The van der Waals surface area contributed by atoms with Crippen molar-refractivity contribution >= 4 is 74.9 Å². The monoisotopic (exact) mass is 677 g/mol. The highest BCUT2D eigenvalue weighted by atomic mass is 32.2. The molecule has 2 atom stereocenters. The molecule has 5 rings (SSSR count). The number of aromatic amines is 1. The van der Waals surface area contributed by atoms with Crippen molar-refractivity contribution in [1.82, 2.24) is 34.5 Å². The Kier molecular flexibility index (Phi) is 8.03. The summed E-state index contributed by atoms with van der Waals surface area (Å²) in [5.41, 5.74) is -0.261. The summed E-state index contributed by atoms with van der Waals surface area (Å²) < 4.78 is 1.34. The molecular weight excluding hydrogens is 659 g/mol. The third kappa shape index (κ3) is 5.33. The number of fused-ring (bicyclic) bond motifs is 1. The van der Waals surface area contributed by atoms with Crippen LogP contribution in [0.4, 0.5) is 5.13 Å². The largest absolute Gasteiger partial charge is 0.503 e. The minimum atomic E-state index is -1.93. The van der Waals surface area contributed by atoms with Crippen LogP contribution in [0.5, 0.6) is 5.75 Å². The van der Waals surface area contributed by atoms with Crippen LogP contribution in [0.3, 0.4) is 0 Å². The Balaban J connectivity index is 1.47. The number of β-lactam (4-membered cyclic amide) rings is 1. The van der Waals surface area contributed by atoms with E-state index in [1.807, 2.05) is 4.98 Å². The van der Waals surface area contributed by atoms with Crippen molar-refractivity contribution in [2.24, 2.45) is 12.2 Å². The number of thiazole rings is 1. The third-order valence-electron chi connectivity index (χ3n) is 6.57. The summed E-state index contributed by atoms with van der Waals surface area (Å²) >= 11 is 7.07. The van der Waals surface area contributed by atoms with Crippen LogP contribution in [0.15, 0.2) is 42.9 Å². The first-order chi connectivity index (χ1) is 21.3. The van der Waals surface area contributed by atoms with Gasteiger partial charge in [-0.25, -0.2) is 19.4 Å². The van der Waals surface area contributed by atoms with Crippen molar-refractivity contribution in [2.45, 2.75) is 17.5 Å². The Morgan fingerprint density at radius 1 is 1.33 bits per heavy atom. The summed E-state index contributed by atoms with van der Waals surface area (Å²) in [7, 11) is 1.26. The van der Waals surface area contributed by atoms with Gasteiger partial charge in [0.25, 0.3) is 11.8 Å². The molecule has 0 aromatic carbocycles. The number of amides is 2. The van der Waals surface area contributed by atoms with Gasteiger partial charge in [-0.2, -0.15) is 9.71 Å². The van der Waals surface area contributed by atoms with Crippen molar-refractivity contribution < 1.29 is 34.6 Å². The van der Waals surface area contributed by atoms with Gasteiger partial charge in [-0.15, -0.1) is 23.1 Å². The first-order valence-electron chi connectivity index (χ1n) is 12.2. The van der Waals surface area contributed by atoms with Crippen LogP contribution in [-0.4, -0.2) is 90.1 Å². The molecule has 0 saturated carbocycles. The van der Waals surface area contributed by atoms with E-state index in [1.54, 1.807) is 0 Å². The molecule has 5 heterocycles. The Morgan fingerprint density at radius 3 is 2.71 bits per heavy atom. The van der Waals surface area contributed by atoms with E-state index in [0.717, 1.165) is 50.2 Å². The number of carboxylic acids is 1. The van der Waals surface area contributed by atoms with Gasteiger partial charge >= 0.3 is 17.3 Å². The van der Waals surface area contributed by atoms with Crippen LogP contribution < -0.4 is 27.9 Å². The summed E-state index contributed by atoms with van der Waals surface area (Å²) in [4.78, 5) is 91.0. The molecule has 22 heteroatoms. The van der Waals surface area contributed by atoms with Gasteiger partial charge in [0.05, 0.1) is 6.20 Å². The SMILES string of the molecule is Cn1c(C2=C(C(=O)O)N3C(=O)[C@](C=S)(NC(=O)C(=NOCc4cc(=O)c(O)cn4O)c4csc(N)n4)[C@H]3SC2)nc(=O)[nH]c1=O. The Bertz CT molecular complexity index is 2030. The molecule has 2 amide bonds. The number of thioether (sulfide) groups is 1. The summed E-state index contributed by atoms with van der Waals surface area (Å²) in [5, 5.41) is 36.9. The van der Waals surface area contributed by atoms with Crippen LogP contribution >= 0.6 is 35.3 Å². The standard InChI is InChI=1S/C23H19N9O10S3/c1-30-15(26-21(39)27-22(30)40)9-5-44-19-23(7-43,18(38)32(19)14(9)17(36)37)28-16(35)13(10-6-45-20(24)25-10)29-42-4-8-2-11(33)12(34)3-31(8)41/h2-3,6-7,19,34,41H,4-5H2,1H3,(H2,24,25)(H,28,35)(H,36,37)(H,27,39,40)/t19-,23+/m1/s1. The lowest BCUT2D eigenvalue weighted by molar-refractivity contribution is -0.153. The zero-order valence-corrected chi connectivity index (χ0v) is 24.9. The molecule has 3 aromatic rings. The number of thiocarbonyl (C=S) groups is 1. The van der Waals surface area contributed by atoms with E-state index in [0.29, 0.717) is 4.73 Å². The molecule has 234 valence electrons. The smallest absolute Gasteiger partial charge is 0.353 e. The van der Waals surface area contributed by atoms with Crippen molar-refractivity contribution in [3.63, 3.8) is 0 Å². The van der Waals surface area contributed by atoms with Gasteiger partial charge in [0, 0.05) is 35.2 Å². The number of hydrogen-bond donors (Lipinski definition) is 6. The van der Waals surface area contributed by atoms with E-state index in [4.69, 9.17) is 22.8 Å². The van der Waals surface area contributed by atoms with Gasteiger partial charge in [0.15, 0.2) is 28.7 Å². The number of H-pyrrole nitrogens is 1. The first kappa shape index (κ1) is 31.1. The van der Waals surface area contributed by atoms with Crippen LogP contribution in [0, 0.1) is 0 Å². The normalized spacial score (nSPS) is 19.5. The van der Waals surface area contributed by atoms with E-state index in [2.05, 4.69) is 20.4 Å². The summed E-state index contributed by atoms with van der Waals surface area (Å²) in [6.07, 6.45) is 0.731. The number of hydrogen-bond acceptors (Lipinski definition) is 16. The molecule has 7 N–H and O–H groups in total. The number of nitrogens with two attached hydrogens (primary N) is 1. The number of carbonyl (C=O) groups is 3. The number of nitrogens with zero attached hydrogens (tertiary/aromatic N) is 6. The summed E-state index contributed by atoms with van der Waals surface area (Å²) in [6, 6.07) is 0.870. The maximum atomic E-state index is 13.6. The highest BCUT2D eigenvalue weighted by Gasteiger charge is 2.65. The second kappa shape index (κ2) is 11.6. The quantitative estimate of drug-likeness (QED) is 0.0461. The predicted molar refractivity (Wildman–Crippen MR) is 160 cm³/mol. The average molecular weight is 678 g/mol. The van der Waals surface area contributed by atoms with E-state index in [1.165, 1.54) is 12.4 Å². The fraction of sp³-hybridized carbons (Fsp3) is 0.217. The number of carboxylic acid groups (broad SMARTS) is 1. The van der Waals surface area contributed by atoms with E-state index >= 15 is 0 Å². The van der Waals surface area contributed by atoms with Gasteiger partial charge in [0.1, 0.15) is 28.3 Å². The van der Waals surface area contributed by atoms with Crippen molar-refractivity contribution in [3.05, 3.63) is 71.7 Å². The van der Waals surface area contributed by atoms with E-state index in [-0.39, 0.29) is 33.7 Å². The van der Waals surface area contributed by atoms with Crippen LogP contribution in [-0.2, 0) is 32.9 Å². The molecular formula is C23H19N9O10S3. The Hall–Kier alpha value is -5.35. The molecule has 0 unspecified atom stereocenters. The van der Waals surface area contributed by atoms with Gasteiger partial charge in [-0.05, 0) is 0 Å². The molecule has 1 fully saturated rings. The van der Waals surface area contributed by atoms with Crippen molar-refractivity contribution in [3.8, 4) is 5.75 Å². The molecule has 0 aliphatic carbocycles. The number of aliphatic carboxylic acids is 1. The summed E-state index contributed by atoms with van der Waals surface area (Å²) in [6.45, 7) is -0.555. The zero-order valence-electron chi connectivity index (χ0n) is 22.5. The number of anilines is 1. The minimum Gasteiger partial charge on any atom is -0.503 e. The van der Waals surface area contributed by atoms with Gasteiger partial charge in [-0.1, -0.05) is 17.4 Å². The second-order valence-corrected chi connectivity index (χ2v) is 11.5. The number of aromatic hydroxyl groups is 1. The van der Waals surface area contributed by atoms with Gasteiger partial charge < -0.3 is 31.3 Å². The number of aromatic nitrogens is 5. The van der Waals surface area contributed by atoms with Crippen LogP contribution in [0.1, 0.15) is 17.2 Å². The highest BCUT2D eigenvalue weighted by Crippen LogP contribution is 2.47. The van der Waals surface area contributed by atoms with Crippen LogP contribution in [0.25, 0.3) is 5.57 Å². The fourth-order valence-corrected chi connectivity index (χ4v) is 6.77. The van der Waals surface area contributed by atoms with Crippen LogP contribution in [0.2, 0.25) is 0 Å². The zero-order chi connectivity index (χ0) is 32.8. The van der Waals surface area contributed by atoms with Gasteiger partial charge in [-0.3, -0.25) is 28.8 Å². The molecule has 1 saturated heterocycles. The van der Waals surface area contributed by atoms with Crippen molar-refractivity contribution in [1.29, 1.82) is 0 Å². The average Bonchev–Trinajstić information content (AvgIpc) is 3.42. The highest BCUT2D eigenvalue weighted by molar-refractivity contribution is 8.00. The number of oxime groups is 1. The van der Waals surface area contributed by atoms with E-state index < -0.39 is 69.3 Å². The third-order valence-corrected chi connectivity index (χ3v) is 8.97. The number of carbonyl (C=O) groups excluding carboxylic acids is 2. The topological polar surface area (TPSA) is 277 Å². The minimum absolute atomic E-state index is 0.0537. The maximum absolute atomic E-state index is 13.6. The fourth-order valence-electron chi connectivity index (χ4n) is 4.42. The Morgan fingerprint density at radius 2 is 2.07 bits per heavy atom. The predicted octanol–water partition coefficient (Wildman–Crippen LogP) is -2.20.